The maximum atomic E-state index is 12.0. The normalized spacial score (nSPS) is 21.8. The zero-order valence-electron chi connectivity index (χ0n) is 15.5. The highest BCUT2D eigenvalue weighted by atomic mass is 16.5. The number of nitrogens with zero attached hydrogens (tertiary/aromatic N) is 2. The zero-order chi connectivity index (χ0) is 18.4. The second-order valence-corrected chi connectivity index (χ2v) is 7.17. The predicted molar refractivity (Wildman–Crippen MR) is 92.7 cm³/mol. The number of carbonyl (C=O) groups is 2. The van der Waals surface area contributed by atoms with Gasteiger partial charge in [0, 0.05) is 6.04 Å². The van der Waals surface area contributed by atoms with Crippen molar-refractivity contribution < 1.29 is 14.1 Å². The van der Waals surface area contributed by atoms with E-state index in [1.165, 1.54) is 6.42 Å². The number of aromatic nitrogens is 2. The molecular formula is C17H29N5O3. The van der Waals surface area contributed by atoms with Gasteiger partial charge in [-0.1, -0.05) is 38.8 Å². The molecule has 140 valence electrons. The Kier molecular flexibility index (Phi) is 6.92. The van der Waals surface area contributed by atoms with Crippen LogP contribution in [0, 0.1) is 18.8 Å². The minimum absolute atomic E-state index is 0.00207. The molecule has 3 N–H and O–H groups in total. The Hall–Kier alpha value is -1.96. The molecule has 3 atom stereocenters. The lowest BCUT2D eigenvalue weighted by molar-refractivity contribution is -0.119. The van der Waals surface area contributed by atoms with E-state index in [-0.39, 0.29) is 30.5 Å². The number of hydrogen-bond acceptors (Lipinski definition) is 6. The second kappa shape index (κ2) is 8.94. The van der Waals surface area contributed by atoms with Gasteiger partial charge in [-0.2, -0.15) is 4.98 Å². The lowest BCUT2D eigenvalue weighted by atomic mass is 9.86. The fourth-order valence-electron chi connectivity index (χ4n) is 3.16. The summed E-state index contributed by atoms with van der Waals surface area (Å²) in [5, 5.41) is 12.1. The number of carbonyl (C=O) groups excluding carboxylic acids is 2. The monoisotopic (exact) mass is 351 g/mol. The SMILES string of the molecule is Cc1noc([C@H](NCC(=O)NC(=O)N[C@@H]2CCCC[C@H]2C)C(C)C)n1. The van der Waals surface area contributed by atoms with Crippen molar-refractivity contribution in [2.45, 2.75) is 65.5 Å². The first-order valence-corrected chi connectivity index (χ1v) is 9.00. The third-order valence-corrected chi connectivity index (χ3v) is 4.64. The van der Waals surface area contributed by atoms with Gasteiger partial charge in [0.25, 0.3) is 0 Å². The highest BCUT2D eigenvalue weighted by Crippen LogP contribution is 2.23. The average Bonchev–Trinajstić information content (AvgIpc) is 2.95. The average molecular weight is 351 g/mol. The first-order valence-electron chi connectivity index (χ1n) is 9.00. The van der Waals surface area contributed by atoms with Crippen LogP contribution in [0.1, 0.15) is 64.2 Å². The molecule has 0 aliphatic heterocycles. The van der Waals surface area contributed by atoms with Gasteiger partial charge in [-0.25, -0.2) is 4.79 Å². The molecule has 2 rings (SSSR count). The van der Waals surface area contributed by atoms with E-state index in [2.05, 4.69) is 33.0 Å². The van der Waals surface area contributed by atoms with Gasteiger partial charge in [0.1, 0.15) is 0 Å². The molecule has 1 aromatic rings. The summed E-state index contributed by atoms with van der Waals surface area (Å²) in [6.07, 6.45) is 4.40. The quantitative estimate of drug-likeness (QED) is 0.724. The van der Waals surface area contributed by atoms with Gasteiger partial charge in [-0.15, -0.1) is 0 Å². The highest BCUT2D eigenvalue weighted by molar-refractivity contribution is 5.95. The summed E-state index contributed by atoms with van der Waals surface area (Å²) in [6, 6.07) is -0.534. The molecule has 0 spiro atoms. The van der Waals surface area contributed by atoms with E-state index < -0.39 is 6.03 Å². The minimum Gasteiger partial charge on any atom is -0.338 e. The Morgan fingerprint density at radius 3 is 2.60 bits per heavy atom. The van der Waals surface area contributed by atoms with Crippen molar-refractivity contribution in [3.8, 4) is 0 Å². The van der Waals surface area contributed by atoms with Crippen molar-refractivity contribution in [2.24, 2.45) is 11.8 Å². The highest BCUT2D eigenvalue weighted by Gasteiger charge is 2.25. The largest absolute Gasteiger partial charge is 0.338 e. The van der Waals surface area contributed by atoms with Gasteiger partial charge >= 0.3 is 6.03 Å². The molecule has 1 saturated carbocycles. The lowest BCUT2D eigenvalue weighted by Crippen LogP contribution is -2.49. The Morgan fingerprint density at radius 1 is 1.28 bits per heavy atom. The van der Waals surface area contributed by atoms with Crippen LogP contribution in [0.25, 0.3) is 0 Å². The molecule has 0 saturated heterocycles. The lowest BCUT2D eigenvalue weighted by Gasteiger charge is -2.29. The van der Waals surface area contributed by atoms with E-state index in [0.717, 1.165) is 19.3 Å². The number of rotatable bonds is 6. The number of aryl methyl sites for hydroxylation is 1. The molecule has 1 aliphatic carbocycles. The van der Waals surface area contributed by atoms with E-state index in [0.29, 0.717) is 17.6 Å². The topological polar surface area (TPSA) is 109 Å². The van der Waals surface area contributed by atoms with Crippen LogP contribution in [0.4, 0.5) is 4.79 Å². The van der Waals surface area contributed by atoms with Crippen LogP contribution in [0.3, 0.4) is 0 Å². The van der Waals surface area contributed by atoms with Crippen molar-refractivity contribution >= 4 is 11.9 Å². The van der Waals surface area contributed by atoms with Crippen LogP contribution in [-0.4, -0.2) is 34.7 Å². The van der Waals surface area contributed by atoms with Crippen molar-refractivity contribution in [3.05, 3.63) is 11.7 Å². The molecule has 0 radical (unpaired) electrons. The van der Waals surface area contributed by atoms with Crippen molar-refractivity contribution in [1.29, 1.82) is 0 Å². The maximum absolute atomic E-state index is 12.0. The smallest absolute Gasteiger partial charge is 0.321 e. The molecule has 1 aromatic heterocycles. The molecule has 25 heavy (non-hydrogen) atoms. The Bertz CT molecular complexity index is 587. The van der Waals surface area contributed by atoms with Gasteiger partial charge in [-0.3, -0.25) is 15.4 Å². The van der Waals surface area contributed by atoms with E-state index >= 15 is 0 Å². The molecular weight excluding hydrogens is 322 g/mol. The maximum Gasteiger partial charge on any atom is 0.321 e. The summed E-state index contributed by atoms with van der Waals surface area (Å²) in [7, 11) is 0. The van der Waals surface area contributed by atoms with Crippen LogP contribution >= 0.6 is 0 Å². The zero-order valence-corrected chi connectivity index (χ0v) is 15.5. The summed E-state index contributed by atoms with van der Waals surface area (Å²) >= 11 is 0. The Balaban J connectivity index is 1.79. The number of imide groups is 1. The number of hydrogen-bond donors (Lipinski definition) is 3. The molecule has 1 aliphatic rings. The van der Waals surface area contributed by atoms with Gasteiger partial charge in [0.05, 0.1) is 12.6 Å². The number of amides is 3. The third-order valence-electron chi connectivity index (χ3n) is 4.64. The summed E-state index contributed by atoms with van der Waals surface area (Å²) in [5.41, 5.74) is 0. The first kappa shape index (κ1) is 19.4. The van der Waals surface area contributed by atoms with Crippen LogP contribution in [-0.2, 0) is 4.79 Å². The van der Waals surface area contributed by atoms with Crippen molar-refractivity contribution in [1.82, 2.24) is 26.1 Å². The Morgan fingerprint density at radius 2 is 2.00 bits per heavy atom. The fourth-order valence-corrected chi connectivity index (χ4v) is 3.16. The molecule has 8 nitrogen and oxygen atoms in total. The predicted octanol–water partition coefficient (Wildman–Crippen LogP) is 2.07. The number of nitrogens with one attached hydrogen (secondary N) is 3. The van der Waals surface area contributed by atoms with E-state index in [1.54, 1.807) is 6.92 Å². The van der Waals surface area contributed by atoms with E-state index in [4.69, 9.17) is 4.52 Å². The molecule has 1 heterocycles. The van der Waals surface area contributed by atoms with Crippen LogP contribution in [0.2, 0.25) is 0 Å². The first-order chi connectivity index (χ1) is 11.9. The molecule has 0 unspecified atom stereocenters. The number of urea groups is 1. The van der Waals surface area contributed by atoms with Crippen molar-refractivity contribution in [3.63, 3.8) is 0 Å². The molecule has 0 aromatic carbocycles. The minimum atomic E-state index is -0.430. The van der Waals surface area contributed by atoms with Gasteiger partial charge in [0.2, 0.25) is 11.8 Å². The molecule has 1 fully saturated rings. The summed E-state index contributed by atoms with van der Waals surface area (Å²) in [6.45, 7) is 7.86. The Labute approximate surface area is 148 Å². The second-order valence-electron chi connectivity index (χ2n) is 7.17. The van der Waals surface area contributed by atoms with Crippen molar-refractivity contribution in [2.75, 3.05) is 6.54 Å². The molecule has 0 bridgehead atoms. The summed E-state index contributed by atoms with van der Waals surface area (Å²) in [4.78, 5) is 28.3. The van der Waals surface area contributed by atoms with Crippen LogP contribution in [0.15, 0.2) is 4.52 Å². The summed E-state index contributed by atoms with van der Waals surface area (Å²) < 4.78 is 5.18. The van der Waals surface area contributed by atoms with Gasteiger partial charge < -0.3 is 9.84 Å². The molecule has 8 heteroatoms. The van der Waals surface area contributed by atoms with E-state index in [1.807, 2.05) is 13.8 Å². The standard InChI is InChI=1S/C17H29N5O3/c1-10(2)15(16-19-12(4)22-25-16)18-9-14(23)21-17(24)20-13-8-6-5-7-11(13)3/h10-11,13,15,18H,5-9H2,1-4H3,(H2,20,21,23,24)/t11-,13-,15-/m1/s1. The van der Waals surface area contributed by atoms with Crippen LogP contribution in [0.5, 0.6) is 0 Å². The van der Waals surface area contributed by atoms with Crippen LogP contribution < -0.4 is 16.0 Å². The fraction of sp³-hybridized carbons (Fsp3) is 0.765. The van der Waals surface area contributed by atoms with E-state index in [9.17, 15) is 9.59 Å². The summed E-state index contributed by atoms with van der Waals surface area (Å²) in [5.74, 6) is 1.21. The third kappa shape index (κ3) is 5.81. The van der Waals surface area contributed by atoms with Gasteiger partial charge in [-0.05, 0) is 31.6 Å². The molecule has 3 amide bonds. The van der Waals surface area contributed by atoms with Gasteiger partial charge in [0.15, 0.2) is 5.82 Å².